The second kappa shape index (κ2) is 7.44. The third-order valence-corrected chi connectivity index (χ3v) is 7.53. The molecule has 7 nitrogen and oxygen atoms in total. The molecule has 1 aromatic carbocycles. The Morgan fingerprint density at radius 2 is 1.93 bits per heavy atom. The van der Waals surface area contributed by atoms with E-state index >= 15 is 0 Å². The molecule has 0 radical (unpaired) electrons. The van der Waals surface area contributed by atoms with E-state index in [0.29, 0.717) is 26.1 Å². The van der Waals surface area contributed by atoms with Crippen LogP contribution in [0.5, 0.6) is 0 Å². The highest BCUT2D eigenvalue weighted by atomic mass is 32.2. The minimum Gasteiger partial charge on any atom is -0.370 e. The zero-order chi connectivity index (χ0) is 19.9. The molecule has 152 valence electrons. The van der Waals surface area contributed by atoms with Gasteiger partial charge in [0.1, 0.15) is 11.9 Å². The molecule has 0 aliphatic carbocycles. The van der Waals surface area contributed by atoms with E-state index in [4.69, 9.17) is 4.74 Å². The van der Waals surface area contributed by atoms with Gasteiger partial charge in [0.2, 0.25) is 11.8 Å². The van der Waals surface area contributed by atoms with Gasteiger partial charge in [0, 0.05) is 25.6 Å². The van der Waals surface area contributed by atoms with Gasteiger partial charge in [-0.2, -0.15) is 0 Å². The Morgan fingerprint density at radius 1 is 1.18 bits per heavy atom. The van der Waals surface area contributed by atoms with Crippen LogP contribution in [0.1, 0.15) is 24.5 Å². The van der Waals surface area contributed by atoms with Crippen molar-refractivity contribution in [1.82, 2.24) is 9.80 Å². The minimum atomic E-state index is -3.09. The van der Waals surface area contributed by atoms with E-state index in [1.54, 1.807) is 21.9 Å². The van der Waals surface area contributed by atoms with Gasteiger partial charge in [-0.05, 0) is 24.1 Å². The van der Waals surface area contributed by atoms with E-state index in [0.717, 1.165) is 5.56 Å². The van der Waals surface area contributed by atoms with Gasteiger partial charge in [-0.15, -0.1) is 0 Å². The number of hydrogen-bond donors (Lipinski definition) is 0. The summed E-state index contributed by atoms with van der Waals surface area (Å²) in [6, 6.07) is 5.71. The lowest BCUT2D eigenvalue weighted by Gasteiger charge is -2.34. The summed E-state index contributed by atoms with van der Waals surface area (Å²) in [5.74, 6) is -0.947. The van der Waals surface area contributed by atoms with Crippen LogP contribution in [0.3, 0.4) is 0 Å². The third kappa shape index (κ3) is 3.91. The molecule has 3 heterocycles. The van der Waals surface area contributed by atoms with Crippen molar-refractivity contribution in [3.8, 4) is 0 Å². The quantitative estimate of drug-likeness (QED) is 0.735. The van der Waals surface area contributed by atoms with Crippen molar-refractivity contribution in [2.45, 2.75) is 25.0 Å². The maximum Gasteiger partial charge on any atom is 0.228 e. The van der Waals surface area contributed by atoms with Crippen LogP contribution in [0.4, 0.5) is 4.39 Å². The number of hydrogen-bond acceptors (Lipinski definition) is 5. The number of sulfone groups is 1. The zero-order valence-electron chi connectivity index (χ0n) is 15.4. The van der Waals surface area contributed by atoms with E-state index < -0.39 is 15.8 Å². The fourth-order valence-electron chi connectivity index (χ4n) is 4.26. The van der Waals surface area contributed by atoms with Crippen molar-refractivity contribution in [1.29, 1.82) is 0 Å². The summed E-state index contributed by atoms with van der Waals surface area (Å²) in [6.45, 7) is 1.45. The average molecular weight is 410 g/mol. The molecule has 3 aliphatic rings. The van der Waals surface area contributed by atoms with Crippen LogP contribution in [0, 0.1) is 11.7 Å². The number of rotatable bonds is 3. The monoisotopic (exact) mass is 410 g/mol. The molecule has 0 spiro atoms. The Kier molecular flexibility index (Phi) is 5.13. The zero-order valence-corrected chi connectivity index (χ0v) is 16.2. The maximum atomic E-state index is 13.1. The molecule has 0 N–H and O–H groups in total. The maximum absolute atomic E-state index is 13.1. The minimum absolute atomic E-state index is 0.0101. The lowest BCUT2D eigenvalue weighted by molar-refractivity contribution is -0.143. The predicted octanol–water partition coefficient (Wildman–Crippen LogP) is 0.761. The molecule has 2 amide bonds. The summed E-state index contributed by atoms with van der Waals surface area (Å²) in [5, 5.41) is 0. The second-order valence-electron chi connectivity index (χ2n) is 7.70. The normalized spacial score (nSPS) is 30.0. The van der Waals surface area contributed by atoms with E-state index in [9.17, 15) is 22.4 Å². The molecule has 3 aliphatic heterocycles. The van der Waals surface area contributed by atoms with Crippen molar-refractivity contribution >= 4 is 21.7 Å². The number of morpholine rings is 1. The lowest BCUT2D eigenvalue weighted by atomic mass is 10.0. The molecule has 0 aromatic heterocycles. The van der Waals surface area contributed by atoms with Crippen LogP contribution in [-0.2, 0) is 24.2 Å². The van der Waals surface area contributed by atoms with Gasteiger partial charge in [-0.25, -0.2) is 12.8 Å². The number of benzene rings is 1. The number of carbonyl (C=O) groups is 2. The number of ether oxygens (including phenoxy) is 1. The molecular formula is C19H23FN2O5S. The molecule has 0 saturated carbocycles. The first-order valence-corrected chi connectivity index (χ1v) is 11.3. The van der Waals surface area contributed by atoms with Crippen LogP contribution in [0.2, 0.25) is 0 Å². The SMILES string of the molecule is O=C([C@@H]1CC(=O)N([C@@H]2CCS(=O)(=O)C2)C1)N1CCO[C@@H](c2ccc(F)cc2)C1. The number of carbonyl (C=O) groups excluding carboxylic acids is 2. The van der Waals surface area contributed by atoms with Crippen molar-refractivity contribution in [2.75, 3.05) is 37.7 Å². The van der Waals surface area contributed by atoms with Gasteiger partial charge in [0.25, 0.3) is 0 Å². The molecule has 3 fully saturated rings. The van der Waals surface area contributed by atoms with Crippen molar-refractivity contribution in [2.24, 2.45) is 5.92 Å². The van der Waals surface area contributed by atoms with E-state index in [1.807, 2.05) is 0 Å². The summed E-state index contributed by atoms with van der Waals surface area (Å²) >= 11 is 0. The molecular weight excluding hydrogens is 387 g/mol. The Labute approximate surface area is 163 Å². The van der Waals surface area contributed by atoms with Crippen LogP contribution >= 0.6 is 0 Å². The molecule has 0 unspecified atom stereocenters. The molecule has 0 bridgehead atoms. The van der Waals surface area contributed by atoms with Crippen LogP contribution in [-0.4, -0.2) is 73.8 Å². The van der Waals surface area contributed by atoms with E-state index in [2.05, 4.69) is 0 Å². The first-order valence-electron chi connectivity index (χ1n) is 9.48. The Hall–Kier alpha value is -2.00. The van der Waals surface area contributed by atoms with E-state index in [1.165, 1.54) is 12.1 Å². The lowest BCUT2D eigenvalue weighted by Crippen LogP contribution is -2.46. The average Bonchev–Trinajstić information content (AvgIpc) is 3.23. The second-order valence-corrected chi connectivity index (χ2v) is 9.93. The number of halogens is 1. The summed E-state index contributed by atoms with van der Waals surface area (Å²) in [4.78, 5) is 28.6. The van der Waals surface area contributed by atoms with Crippen LogP contribution < -0.4 is 0 Å². The largest absolute Gasteiger partial charge is 0.370 e. The first kappa shape index (κ1) is 19.3. The summed E-state index contributed by atoms with van der Waals surface area (Å²) < 4.78 is 42.3. The smallest absolute Gasteiger partial charge is 0.228 e. The van der Waals surface area contributed by atoms with Crippen LogP contribution in [0.15, 0.2) is 24.3 Å². The van der Waals surface area contributed by atoms with Gasteiger partial charge in [0.15, 0.2) is 9.84 Å². The Balaban J connectivity index is 1.40. The third-order valence-electron chi connectivity index (χ3n) is 5.78. The van der Waals surface area contributed by atoms with Gasteiger partial charge >= 0.3 is 0 Å². The van der Waals surface area contributed by atoms with Gasteiger partial charge < -0.3 is 14.5 Å². The van der Waals surface area contributed by atoms with Gasteiger partial charge in [-0.1, -0.05) is 12.1 Å². The highest BCUT2D eigenvalue weighted by Gasteiger charge is 2.43. The standard InChI is InChI=1S/C19H23FN2O5S/c20-15-3-1-13(2-4-15)17-11-21(6-7-27-17)19(24)14-9-18(23)22(10-14)16-5-8-28(25,26)12-16/h1-4,14,16-17H,5-12H2/t14-,16-,17-/m1/s1. The summed E-state index contributed by atoms with van der Waals surface area (Å²) in [6.07, 6.45) is 0.235. The predicted molar refractivity (Wildman–Crippen MR) is 98.6 cm³/mol. The summed E-state index contributed by atoms with van der Waals surface area (Å²) in [7, 11) is -3.09. The first-order chi connectivity index (χ1) is 13.3. The van der Waals surface area contributed by atoms with Gasteiger partial charge in [-0.3, -0.25) is 9.59 Å². The van der Waals surface area contributed by atoms with Crippen molar-refractivity contribution in [3.63, 3.8) is 0 Å². The number of nitrogens with zero attached hydrogens (tertiary/aromatic N) is 2. The Morgan fingerprint density at radius 3 is 2.61 bits per heavy atom. The summed E-state index contributed by atoms with van der Waals surface area (Å²) in [5.41, 5.74) is 0.805. The van der Waals surface area contributed by atoms with Crippen LogP contribution in [0.25, 0.3) is 0 Å². The highest BCUT2D eigenvalue weighted by Crippen LogP contribution is 2.29. The molecule has 3 atom stereocenters. The Bertz CT molecular complexity index is 873. The van der Waals surface area contributed by atoms with Crippen molar-refractivity contribution in [3.05, 3.63) is 35.6 Å². The fraction of sp³-hybridized carbons (Fsp3) is 0.579. The molecule has 1 aromatic rings. The van der Waals surface area contributed by atoms with Gasteiger partial charge in [0.05, 0.1) is 30.6 Å². The topological polar surface area (TPSA) is 84.0 Å². The highest BCUT2D eigenvalue weighted by molar-refractivity contribution is 7.91. The van der Waals surface area contributed by atoms with E-state index in [-0.39, 0.29) is 54.2 Å². The molecule has 9 heteroatoms. The number of amides is 2. The molecule has 4 rings (SSSR count). The number of likely N-dealkylation sites (tertiary alicyclic amines) is 1. The molecule has 28 heavy (non-hydrogen) atoms. The van der Waals surface area contributed by atoms with Crippen molar-refractivity contribution < 1.29 is 27.1 Å². The molecule has 3 saturated heterocycles. The fourth-order valence-corrected chi connectivity index (χ4v) is 5.99.